The standard InChI is InChI=1S/C60H42N4/c1-41-21-32-52-54-39-45(46-27-34-58-53(38-46)51-19-11-12-20-56(51)64(58)59-35-36-61-40-55(59)44-13-5-2-6-14-44)26-33-57(54)63(60(52)37-41)50-30-24-43(25-31-50)42-22-28-49(29-23-42)62(47-15-7-3-8-16-47)48-17-9-4-10-18-48/h2-40H,1H3. The summed E-state index contributed by atoms with van der Waals surface area (Å²) in [5, 5.41) is 4.93. The van der Waals surface area contributed by atoms with Crippen LogP contribution in [0.25, 0.3) is 88.4 Å². The first-order valence-corrected chi connectivity index (χ1v) is 21.9. The molecule has 64 heavy (non-hydrogen) atoms. The van der Waals surface area contributed by atoms with Crippen molar-refractivity contribution in [2.45, 2.75) is 6.92 Å². The van der Waals surface area contributed by atoms with Crippen molar-refractivity contribution in [1.29, 1.82) is 0 Å². The Balaban J connectivity index is 0.913. The van der Waals surface area contributed by atoms with Gasteiger partial charge in [-0.3, -0.25) is 4.98 Å². The minimum absolute atomic E-state index is 1.10. The summed E-state index contributed by atoms with van der Waals surface area (Å²) in [5.74, 6) is 0. The van der Waals surface area contributed by atoms with Crippen LogP contribution in [-0.4, -0.2) is 14.1 Å². The summed E-state index contributed by atoms with van der Waals surface area (Å²) in [6, 6.07) is 81.1. The largest absolute Gasteiger partial charge is 0.311 e. The van der Waals surface area contributed by atoms with Gasteiger partial charge in [-0.15, -0.1) is 0 Å². The number of rotatable bonds is 8. The van der Waals surface area contributed by atoms with E-state index in [2.05, 4.69) is 250 Å². The maximum atomic E-state index is 4.54. The zero-order valence-electron chi connectivity index (χ0n) is 35.3. The molecule has 0 N–H and O–H groups in total. The molecule has 4 nitrogen and oxygen atoms in total. The van der Waals surface area contributed by atoms with Crippen LogP contribution in [0.2, 0.25) is 0 Å². The lowest BCUT2D eigenvalue weighted by molar-refractivity contribution is 1.16. The number of fused-ring (bicyclic) bond motifs is 6. The van der Waals surface area contributed by atoms with Gasteiger partial charge >= 0.3 is 0 Å². The first-order chi connectivity index (χ1) is 31.7. The predicted octanol–water partition coefficient (Wildman–Crippen LogP) is 16.1. The van der Waals surface area contributed by atoms with Crippen molar-refractivity contribution >= 4 is 60.7 Å². The molecule has 0 atom stereocenters. The Bertz CT molecular complexity index is 3600. The van der Waals surface area contributed by atoms with Crippen LogP contribution in [0.5, 0.6) is 0 Å². The normalized spacial score (nSPS) is 11.5. The third-order valence-corrected chi connectivity index (χ3v) is 12.7. The van der Waals surface area contributed by atoms with Gasteiger partial charge in [-0.25, -0.2) is 0 Å². The van der Waals surface area contributed by atoms with Crippen molar-refractivity contribution in [3.63, 3.8) is 0 Å². The molecular weight excluding hydrogens is 777 g/mol. The van der Waals surface area contributed by atoms with E-state index in [4.69, 9.17) is 0 Å². The minimum atomic E-state index is 1.10. The number of pyridine rings is 1. The zero-order chi connectivity index (χ0) is 42.6. The van der Waals surface area contributed by atoms with Crippen LogP contribution in [-0.2, 0) is 0 Å². The number of aromatic nitrogens is 3. The van der Waals surface area contributed by atoms with Gasteiger partial charge < -0.3 is 14.0 Å². The third-order valence-electron chi connectivity index (χ3n) is 12.7. The van der Waals surface area contributed by atoms with Crippen LogP contribution in [0.3, 0.4) is 0 Å². The number of hydrogen-bond donors (Lipinski definition) is 0. The fourth-order valence-corrected chi connectivity index (χ4v) is 9.63. The molecule has 302 valence electrons. The van der Waals surface area contributed by atoms with E-state index in [0.717, 1.165) is 39.6 Å². The van der Waals surface area contributed by atoms with Crippen LogP contribution < -0.4 is 4.90 Å². The van der Waals surface area contributed by atoms with Crippen LogP contribution in [0.15, 0.2) is 237 Å². The Morgan fingerprint density at radius 1 is 0.359 bits per heavy atom. The van der Waals surface area contributed by atoms with E-state index in [-0.39, 0.29) is 0 Å². The lowest BCUT2D eigenvalue weighted by atomic mass is 10.0. The molecule has 0 spiro atoms. The highest BCUT2D eigenvalue weighted by atomic mass is 15.1. The third kappa shape index (κ3) is 6.35. The van der Waals surface area contributed by atoms with Gasteiger partial charge in [-0.05, 0) is 131 Å². The van der Waals surface area contributed by atoms with Crippen molar-refractivity contribution in [2.75, 3.05) is 4.90 Å². The molecule has 0 saturated carbocycles. The number of benzene rings is 9. The highest BCUT2D eigenvalue weighted by Crippen LogP contribution is 2.41. The Hall–Kier alpha value is -8.47. The van der Waals surface area contributed by atoms with Crippen molar-refractivity contribution in [2.24, 2.45) is 0 Å². The van der Waals surface area contributed by atoms with Crippen molar-refractivity contribution in [1.82, 2.24) is 14.1 Å². The number of para-hydroxylation sites is 3. The highest BCUT2D eigenvalue weighted by molar-refractivity contribution is 6.13. The second-order valence-electron chi connectivity index (χ2n) is 16.5. The monoisotopic (exact) mass is 818 g/mol. The Morgan fingerprint density at radius 2 is 0.875 bits per heavy atom. The molecule has 0 aliphatic heterocycles. The van der Waals surface area contributed by atoms with Gasteiger partial charge in [-0.1, -0.05) is 133 Å². The summed E-state index contributed by atoms with van der Waals surface area (Å²) >= 11 is 0. The fourth-order valence-electron chi connectivity index (χ4n) is 9.63. The molecule has 0 aliphatic carbocycles. The van der Waals surface area contributed by atoms with E-state index in [9.17, 15) is 0 Å². The first-order valence-electron chi connectivity index (χ1n) is 21.9. The summed E-state index contributed by atoms with van der Waals surface area (Å²) in [5.41, 5.74) is 18.6. The van der Waals surface area contributed by atoms with Crippen LogP contribution in [0.4, 0.5) is 17.1 Å². The zero-order valence-corrected chi connectivity index (χ0v) is 35.3. The predicted molar refractivity (Wildman–Crippen MR) is 269 cm³/mol. The molecule has 12 aromatic rings. The average molecular weight is 819 g/mol. The molecule has 0 aliphatic rings. The first kappa shape index (κ1) is 37.3. The van der Waals surface area contributed by atoms with E-state index in [1.807, 2.05) is 12.4 Å². The molecule has 0 unspecified atom stereocenters. The van der Waals surface area contributed by atoms with Gasteiger partial charge in [-0.2, -0.15) is 0 Å². The number of nitrogens with zero attached hydrogens (tertiary/aromatic N) is 4. The smallest absolute Gasteiger partial charge is 0.0571 e. The maximum Gasteiger partial charge on any atom is 0.0571 e. The van der Waals surface area contributed by atoms with Crippen molar-refractivity contribution < 1.29 is 0 Å². The Labute approximate surface area is 372 Å². The summed E-state index contributed by atoms with van der Waals surface area (Å²) in [6.45, 7) is 2.18. The highest BCUT2D eigenvalue weighted by Gasteiger charge is 2.19. The van der Waals surface area contributed by atoms with Gasteiger partial charge in [0.25, 0.3) is 0 Å². The number of hydrogen-bond acceptors (Lipinski definition) is 2. The van der Waals surface area contributed by atoms with Gasteiger partial charge in [0.2, 0.25) is 0 Å². The molecule has 12 rings (SSSR count). The molecule has 0 bridgehead atoms. The molecule has 0 amide bonds. The molecule has 9 aromatic carbocycles. The van der Waals surface area contributed by atoms with Gasteiger partial charge in [0.05, 0.1) is 27.8 Å². The fraction of sp³-hybridized carbons (Fsp3) is 0.0167. The van der Waals surface area contributed by atoms with Crippen molar-refractivity contribution in [3.05, 3.63) is 242 Å². The molecule has 3 heterocycles. The maximum absolute atomic E-state index is 4.54. The second kappa shape index (κ2) is 15.5. The topological polar surface area (TPSA) is 26.0 Å². The van der Waals surface area contributed by atoms with Crippen LogP contribution >= 0.6 is 0 Å². The summed E-state index contributed by atoms with van der Waals surface area (Å²) in [4.78, 5) is 6.84. The number of aryl methyl sites for hydroxylation is 1. The molecule has 0 saturated heterocycles. The molecule has 4 heteroatoms. The van der Waals surface area contributed by atoms with Gasteiger partial charge in [0.1, 0.15) is 0 Å². The van der Waals surface area contributed by atoms with E-state index in [1.54, 1.807) is 0 Å². The minimum Gasteiger partial charge on any atom is -0.311 e. The van der Waals surface area contributed by atoms with Crippen LogP contribution in [0, 0.1) is 6.92 Å². The summed E-state index contributed by atoms with van der Waals surface area (Å²) in [6.07, 6.45) is 3.87. The van der Waals surface area contributed by atoms with Crippen molar-refractivity contribution in [3.8, 4) is 44.8 Å². The van der Waals surface area contributed by atoms with E-state index in [0.29, 0.717) is 0 Å². The second-order valence-corrected chi connectivity index (χ2v) is 16.5. The Kier molecular flexibility index (Phi) is 9.01. The van der Waals surface area contributed by atoms with Gasteiger partial charge in [0, 0.05) is 62.3 Å². The van der Waals surface area contributed by atoms with E-state index >= 15 is 0 Å². The lowest BCUT2D eigenvalue weighted by Crippen LogP contribution is -2.09. The summed E-state index contributed by atoms with van der Waals surface area (Å²) in [7, 11) is 0. The van der Waals surface area contributed by atoms with E-state index in [1.165, 1.54) is 71.4 Å². The number of anilines is 3. The quantitative estimate of drug-likeness (QED) is 0.153. The van der Waals surface area contributed by atoms with E-state index < -0.39 is 0 Å². The van der Waals surface area contributed by atoms with Crippen LogP contribution in [0.1, 0.15) is 5.56 Å². The van der Waals surface area contributed by atoms with Gasteiger partial charge in [0.15, 0.2) is 0 Å². The molecule has 0 fully saturated rings. The SMILES string of the molecule is Cc1ccc2c3cc(-c4ccc5c(c4)c4ccccc4n5-c4ccncc4-c4ccccc4)ccc3n(-c3ccc(-c4ccc(N(c5ccccc5)c5ccccc5)cc4)cc3)c2c1. The summed E-state index contributed by atoms with van der Waals surface area (Å²) < 4.78 is 4.81. The Morgan fingerprint density at radius 3 is 1.53 bits per heavy atom. The molecular formula is C60H42N4. The molecule has 0 radical (unpaired) electrons. The lowest BCUT2D eigenvalue weighted by Gasteiger charge is -2.25. The molecule has 3 aromatic heterocycles. The average Bonchev–Trinajstić information content (AvgIpc) is 3.86.